The van der Waals surface area contributed by atoms with Crippen LogP contribution < -0.4 is 5.32 Å². The number of unbranched alkanes of at least 4 members (excludes halogenated alkanes) is 1. The Balaban J connectivity index is 0. The van der Waals surface area contributed by atoms with Crippen LogP contribution in [0.25, 0.3) is 0 Å². The van der Waals surface area contributed by atoms with Gasteiger partial charge in [0, 0.05) is 0 Å². The van der Waals surface area contributed by atoms with Gasteiger partial charge in [-0.15, -0.1) is 0 Å². The SMILES string of the molecule is CCC[CH2][SnH].CNC. The molecule has 0 saturated heterocycles. The summed E-state index contributed by atoms with van der Waals surface area (Å²) in [5.41, 5.74) is 0. The summed E-state index contributed by atoms with van der Waals surface area (Å²) in [6, 6.07) is 0. The number of hydrogen-bond acceptors (Lipinski definition) is 1. The molecule has 0 aromatic rings. The molecule has 0 spiro atoms. The fraction of sp³-hybridized carbons (Fsp3) is 1.00. The van der Waals surface area contributed by atoms with Crippen LogP contribution in [0.2, 0.25) is 4.44 Å². The molecule has 0 bridgehead atoms. The molecule has 2 radical (unpaired) electrons. The molecule has 0 aliphatic heterocycles. The van der Waals surface area contributed by atoms with Gasteiger partial charge in [-0.3, -0.25) is 0 Å². The molecular formula is C6H17NSn. The van der Waals surface area contributed by atoms with E-state index >= 15 is 0 Å². The van der Waals surface area contributed by atoms with Gasteiger partial charge in [-0.1, -0.05) is 0 Å². The maximum Gasteiger partial charge on any atom is -0.0167 e. The minimum absolute atomic E-state index is 1.38. The topological polar surface area (TPSA) is 12.0 Å². The Morgan fingerprint density at radius 3 is 1.75 bits per heavy atom. The van der Waals surface area contributed by atoms with Gasteiger partial charge in [0.15, 0.2) is 0 Å². The summed E-state index contributed by atoms with van der Waals surface area (Å²) in [5, 5.41) is 2.75. The van der Waals surface area contributed by atoms with E-state index in [4.69, 9.17) is 0 Å². The molecular weight excluding hydrogens is 205 g/mol. The second-order valence-corrected chi connectivity index (χ2v) is 3.29. The molecule has 1 nitrogen and oxygen atoms in total. The molecule has 8 heavy (non-hydrogen) atoms. The van der Waals surface area contributed by atoms with E-state index in [1.54, 1.807) is 0 Å². The van der Waals surface area contributed by atoms with E-state index in [2.05, 4.69) is 12.2 Å². The smallest absolute Gasteiger partial charge is 0.0167 e. The molecule has 0 fully saturated rings. The van der Waals surface area contributed by atoms with Crippen molar-refractivity contribution in [2.75, 3.05) is 14.1 Å². The zero-order valence-corrected chi connectivity index (χ0v) is 9.49. The van der Waals surface area contributed by atoms with Gasteiger partial charge in [0.2, 0.25) is 0 Å². The van der Waals surface area contributed by atoms with Crippen molar-refractivity contribution in [1.29, 1.82) is 0 Å². The van der Waals surface area contributed by atoms with Gasteiger partial charge in [0.25, 0.3) is 0 Å². The van der Waals surface area contributed by atoms with E-state index in [1.807, 2.05) is 14.1 Å². The molecule has 50 valence electrons. The Morgan fingerprint density at radius 1 is 1.38 bits per heavy atom. The molecule has 0 aliphatic carbocycles. The van der Waals surface area contributed by atoms with Gasteiger partial charge < -0.3 is 5.32 Å². The monoisotopic (exact) mass is 223 g/mol. The maximum absolute atomic E-state index is 2.75. The first kappa shape index (κ1) is 11.5. The third-order valence-corrected chi connectivity index (χ3v) is 1.72. The van der Waals surface area contributed by atoms with Gasteiger partial charge in [-0.2, -0.15) is 0 Å². The summed E-state index contributed by atoms with van der Waals surface area (Å²) in [5.74, 6) is 0. The van der Waals surface area contributed by atoms with Crippen LogP contribution in [0.15, 0.2) is 0 Å². The number of hydrogen-bond donors (Lipinski definition) is 1. The molecule has 1 N–H and O–H groups in total. The second-order valence-electron chi connectivity index (χ2n) is 1.64. The summed E-state index contributed by atoms with van der Waals surface area (Å²) in [7, 11) is 3.75. The van der Waals surface area contributed by atoms with Gasteiger partial charge in [0.05, 0.1) is 0 Å². The quantitative estimate of drug-likeness (QED) is 0.685. The third-order valence-electron chi connectivity index (χ3n) is 0.558. The molecule has 2 heteroatoms. The minimum atomic E-state index is 1.38. The summed E-state index contributed by atoms with van der Waals surface area (Å²) in [6.45, 7) is 2.23. The van der Waals surface area contributed by atoms with Crippen molar-refractivity contribution in [3.05, 3.63) is 0 Å². The van der Waals surface area contributed by atoms with Crippen LogP contribution in [0.3, 0.4) is 0 Å². The zero-order valence-electron chi connectivity index (χ0n) is 6.20. The fourth-order valence-electron chi connectivity index (χ4n) is 0.204. The Morgan fingerprint density at radius 2 is 1.75 bits per heavy atom. The summed E-state index contributed by atoms with van der Waals surface area (Å²) >= 11 is 1.45. The van der Waals surface area contributed by atoms with Gasteiger partial charge in [0.1, 0.15) is 0 Å². The molecule has 0 aliphatic rings. The van der Waals surface area contributed by atoms with E-state index in [0.29, 0.717) is 0 Å². The Kier molecular flexibility index (Phi) is 22.6. The first-order chi connectivity index (χ1) is 3.83. The van der Waals surface area contributed by atoms with Crippen molar-refractivity contribution < 1.29 is 0 Å². The normalized spacial score (nSPS) is 7.50. The van der Waals surface area contributed by atoms with E-state index < -0.39 is 0 Å². The van der Waals surface area contributed by atoms with Crippen molar-refractivity contribution in [1.82, 2.24) is 5.32 Å². The van der Waals surface area contributed by atoms with Crippen LogP contribution in [-0.4, -0.2) is 36.6 Å². The van der Waals surface area contributed by atoms with Crippen molar-refractivity contribution in [2.24, 2.45) is 0 Å². The van der Waals surface area contributed by atoms with Crippen LogP contribution in [0.4, 0.5) is 0 Å². The predicted molar refractivity (Wildman–Crippen MR) is 41.8 cm³/mol. The summed E-state index contributed by atoms with van der Waals surface area (Å²) in [6.07, 6.45) is 2.82. The van der Waals surface area contributed by atoms with Crippen LogP contribution in [-0.2, 0) is 0 Å². The van der Waals surface area contributed by atoms with Gasteiger partial charge >= 0.3 is 46.7 Å². The van der Waals surface area contributed by atoms with Crippen LogP contribution >= 0.6 is 0 Å². The molecule has 0 heterocycles. The van der Waals surface area contributed by atoms with Crippen LogP contribution in [0, 0.1) is 0 Å². The van der Waals surface area contributed by atoms with E-state index in [-0.39, 0.29) is 0 Å². The van der Waals surface area contributed by atoms with Crippen LogP contribution in [0.5, 0.6) is 0 Å². The van der Waals surface area contributed by atoms with Gasteiger partial charge in [-0.05, 0) is 14.1 Å². The van der Waals surface area contributed by atoms with Crippen molar-refractivity contribution in [2.45, 2.75) is 24.2 Å². The third kappa shape index (κ3) is 29.5. The largest absolute Gasteiger partial charge is 0.323 e. The predicted octanol–water partition coefficient (Wildman–Crippen LogP) is 0.941. The van der Waals surface area contributed by atoms with E-state index in [1.165, 1.54) is 39.8 Å². The standard InChI is InChI=1S/C4H9.C2H7N.Sn.H/c1-3-4-2;1-3-2;;/h1,3-4H2,2H3;3H,1-2H3;;. The van der Waals surface area contributed by atoms with E-state index in [9.17, 15) is 0 Å². The maximum atomic E-state index is 2.75. The average molecular weight is 222 g/mol. The average Bonchev–Trinajstić information content (AvgIpc) is 1.71. The summed E-state index contributed by atoms with van der Waals surface area (Å²) in [4.78, 5) is 0. The fourth-order valence-corrected chi connectivity index (χ4v) is 1.37. The Labute approximate surface area is 66.3 Å². The summed E-state index contributed by atoms with van der Waals surface area (Å²) < 4.78 is 1.47. The number of rotatable bonds is 2. The molecule has 0 aromatic heterocycles. The molecule has 0 atom stereocenters. The first-order valence-corrected chi connectivity index (χ1v) is 5.45. The van der Waals surface area contributed by atoms with Crippen molar-refractivity contribution in [3.63, 3.8) is 0 Å². The molecule has 0 aromatic carbocycles. The molecule has 0 saturated carbocycles. The Hall–Kier alpha value is 0.759. The second kappa shape index (κ2) is 15.7. The Bertz CT molecular complexity index is 22.5. The number of nitrogens with one attached hydrogen (secondary N) is 1. The van der Waals surface area contributed by atoms with E-state index in [0.717, 1.165) is 0 Å². The minimum Gasteiger partial charge on any atom is -0.323 e. The van der Waals surface area contributed by atoms with Crippen LogP contribution in [0.1, 0.15) is 19.8 Å². The molecule has 0 amide bonds. The first-order valence-electron chi connectivity index (χ1n) is 3.12. The molecule has 0 unspecified atom stereocenters. The zero-order chi connectivity index (χ0) is 6.83. The van der Waals surface area contributed by atoms with Crippen molar-refractivity contribution >= 4 is 22.5 Å². The van der Waals surface area contributed by atoms with Crippen molar-refractivity contribution in [3.8, 4) is 0 Å². The van der Waals surface area contributed by atoms with Gasteiger partial charge in [-0.25, -0.2) is 0 Å². The molecule has 0 rings (SSSR count).